The van der Waals surface area contributed by atoms with Gasteiger partial charge in [-0.1, -0.05) is 10.8 Å². The van der Waals surface area contributed by atoms with Crippen molar-refractivity contribution >= 4 is 10.3 Å². The van der Waals surface area contributed by atoms with E-state index in [1.165, 1.54) is 6.08 Å². The van der Waals surface area contributed by atoms with Crippen LogP contribution in [0.5, 0.6) is 0 Å². The summed E-state index contributed by atoms with van der Waals surface area (Å²) in [5, 5.41) is 0. The first-order chi connectivity index (χ1) is 3.56. The van der Waals surface area contributed by atoms with Crippen LogP contribution < -0.4 is 4.72 Å². The fourth-order valence-electron chi connectivity index (χ4n) is 0.147. The number of hydrogen-bond acceptors (Lipinski definition) is 2. The molecule has 0 spiro atoms. The predicted molar refractivity (Wildman–Crippen MR) is 28.7 cm³/mol. The van der Waals surface area contributed by atoms with Crippen LogP contribution in [0.2, 0.25) is 0 Å². The fraction of sp³-hybridized carbons (Fsp3) is 0.333. The van der Waals surface area contributed by atoms with Crippen LogP contribution in [0.15, 0.2) is 12.7 Å². The molecule has 0 bridgehead atoms. The zero-order valence-electron chi connectivity index (χ0n) is 4.11. The van der Waals surface area contributed by atoms with Crippen LogP contribution in [-0.4, -0.2) is 19.5 Å². The van der Waals surface area contributed by atoms with E-state index in [9.17, 15) is 8.42 Å². The van der Waals surface area contributed by atoms with Gasteiger partial charge in [0.15, 0.2) is 0 Å². The summed E-state index contributed by atoms with van der Waals surface area (Å²) in [5.41, 5.74) is 0. The van der Waals surface area contributed by atoms with E-state index in [2.05, 4.69) is 11.3 Å². The van der Waals surface area contributed by atoms with Crippen LogP contribution in [-0.2, 0) is 10.3 Å². The van der Waals surface area contributed by atoms with E-state index >= 15 is 0 Å². The molecule has 1 radical (unpaired) electrons. The lowest BCUT2D eigenvalue weighted by atomic mass is 10.7. The summed E-state index contributed by atoms with van der Waals surface area (Å²) in [5.74, 6) is 0. The molecule has 0 rings (SSSR count). The largest absolute Gasteiger partial charge is 0.350 e. The highest BCUT2D eigenvalue weighted by molar-refractivity contribution is 7.83. The Bertz CT molecular complexity index is 159. The van der Waals surface area contributed by atoms with Gasteiger partial charge in [-0.3, -0.25) is 4.55 Å². The molecule has 0 aromatic heterocycles. The first-order valence-corrected chi connectivity index (χ1v) is 3.23. The van der Waals surface area contributed by atoms with Gasteiger partial charge in [-0.2, -0.15) is 8.42 Å². The van der Waals surface area contributed by atoms with Crippen LogP contribution >= 0.6 is 0 Å². The van der Waals surface area contributed by atoms with Gasteiger partial charge in [0, 0.05) is 0 Å². The molecule has 0 saturated heterocycles. The maximum atomic E-state index is 9.73. The quantitative estimate of drug-likeness (QED) is 0.423. The van der Waals surface area contributed by atoms with E-state index in [-0.39, 0.29) is 6.54 Å². The zero-order chi connectivity index (χ0) is 6.62. The van der Waals surface area contributed by atoms with Crippen molar-refractivity contribution < 1.29 is 13.0 Å². The second-order valence-electron chi connectivity index (χ2n) is 1.05. The van der Waals surface area contributed by atoms with Crippen molar-refractivity contribution in [3.8, 4) is 0 Å². The Labute approximate surface area is 48.1 Å². The molecule has 0 aliphatic rings. The van der Waals surface area contributed by atoms with Crippen molar-refractivity contribution in [3.05, 3.63) is 12.7 Å². The summed E-state index contributed by atoms with van der Waals surface area (Å²) in [6.07, 6.45) is 1.27. The average molecular weight is 136 g/mol. The number of rotatable bonds is 3. The Hall–Kier alpha value is -0.390. The minimum absolute atomic E-state index is 0.0706. The van der Waals surface area contributed by atoms with Gasteiger partial charge in [0.05, 0.1) is 6.54 Å². The first-order valence-electron chi connectivity index (χ1n) is 1.83. The minimum atomic E-state index is -4.13. The van der Waals surface area contributed by atoms with Gasteiger partial charge >= 0.3 is 10.3 Å². The van der Waals surface area contributed by atoms with E-state index in [4.69, 9.17) is 4.55 Å². The van der Waals surface area contributed by atoms with Crippen molar-refractivity contribution in [3.63, 3.8) is 0 Å². The van der Waals surface area contributed by atoms with Crippen molar-refractivity contribution in [2.45, 2.75) is 0 Å². The Balaban J connectivity index is 3.57. The highest BCUT2D eigenvalue weighted by atomic mass is 32.2. The summed E-state index contributed by atoms with van der Waals surface area (Å²) in [6.45, 7) is 3.12. The molecule has 0 atom stereocenters. The van der Waals surface area contributed by atoms with Crippen molar-refractivity contribution in [2.24, 2.45) is 0 Å². The number of hydrogen-bond donors (Lipinski definition) is 1. The van der Waals surface area contributed by atoms with Crippen molar-refractivity contribution in [1.82, 2.24) is 4.72 Å². The molecule has 0 saturated carbocycles. The molecular formula is C3H6NO3S. The lowest BCUT2D eigenvalue weighted by Crippen LogP contribution is -2.13. The van der Waals surface area contributed by atoms with Gasteiger partial charge in [-0.05, 0) is 0 Å². The second-order valence-corrected chi connectivity index (χ2v) is 2.20. The van der Waals surface area contributed by atoms with Crippen LogP contribution in [0.25, 0.3) is 0 Å². The summed E-state index contributed by atoms with van der Waals surface area (Å²) in [6, 6.07) is 0. The van der Waals surface area contributed by atoms with Crippen molar-refractivity contribution in [1.29, 1.82) is 0 Å². The third kappa shape index (κ3) is 5.61. The van der Waals surface area contributed by atoms with E-state index < -0.39 is 10.3 Å². The number of nitrogens with zero attached hydrogens (tertiary/aromatic N) is 1. The third-order valence-corrected chi connectivity index (χ3v) is 0.842. The molecule has 0 amide bonds. The molecule has 0 fully saturated rings. The van der Waals surface area contributed by atoms with Gasteiger partial charge in [-0.15, -0.1) is 6.58 Å². The first kappa shape index (κ1) is 7.61. The van der Waals surface area contributed by atoms with Gasteiger partial charge < -0.3 is 0 Å². The lowest BCUT2D eigenvalue weighted by Gasteiger charge is -1.87. The van der Waals surface area contributed by atoms with Crippen LogP contribution in [0.1, 0.15) is 0 Å². The molecule has 4 nitrogen and oxygen atoms in total. The maximum Gasteiger partial charge on any atom is 0.350 e. The second kappa shape index (κ2) is 2.81. The molecule has 0 unspecified atom stereocenters. The van der Waals surface area contributed by atoms with Crippen LogP contribution in [0.3, 0.4) is 0 Å². The highest BCUT2D eigenvalue weighted by Crippen LogP contribution is 1.73. The monoisotopic (exact) mass is 136 g/mol. The molecule has 0 heterocycles. The zero-order valence-corrected chi connectivity index (χ0v) is 4.93. The third-order valence-electron chi connectivity index (χ3n) is 0.367. The molecule has 0 aliphatic heterocycles. The summed E-state index contributed by atoms with van der Waals surface area (Å²) in [7, 11) is -4.13. The van der Waals surface area contributed by atoms with E-state index in [0.29, 0.717) is 0 Å². The van der Waals surface area contributed by atoms with E-state index in [1.54, 1.807) is 0 Å². The lowest BCUT2D eigenvalue weighted by molar-refractivity contribution is 0.469. The standard InChI is InChI=1S/C3H6NO3S/c1-2-3-4-8(5,6)7/h2H,1,3H2,(H,5,6,7). The smallest absolute Gasteiger partial charge is 0.272 e. The molecule has 8 heavy (non-hydrogen) atoms. The SMILES string of the molecule is C=CC[N]S(=O)(=O)O. The van der Waals surface area contributed by atoms with Gasteiger partial charge in [0.2, 0.25) is 0 Å². The van der Waals surface area contributed by atoms with Gasteiger partial charge in [0.25, 0.3) is 0 Å². The van der Waals surface area contributed by atoms with Crippen LogP contribution in [0.4, 0.5) is 0 Å². The topological polar surface area (TPSA) is 68.5 Å². The molecule has 47 valence electrons. The molecule has 1 N–H and O–H groups in total. The van der Waals surface area contributed by atoms with E-state index in [1.807, 2.05) is 0 Å². The fourth-order valence-corrected chi connectivity index (χ4v) is 0.441. The van der Waals surface area contributed by atoms with Gasteiger partial charge in [-0.25, -0.2) is 0 Å². The predicted octanol–water partition coefficient (Wildman–Crippen LogP) is -0.420. The summed E-state index contributed by atoms with van der Waals surface area (Å²) in [4.78, 5) is 0. The normalized spacial score (nSPS) is 11.1. The van der Waals surface area contributed by atoms with Crippen LogP contribution in [0, 0.1) is 0 Å². The van der Waals surface area contributed by atoms with Gasteiger partial charge in [0.1, 0.15) is 0 Å². The van der Waals surface area contributed by atoms with E-state index in [0.717, 1.165) is 0 Å². The Kier molecular flexibility index (Phi) is 2.67. The summed E-state index contributed by atoms with van der Waals surface area (Å²) >= 11 is 0. The molecule has 0 aromatic rings. The Morgan fingerprint density at radius 1 is 1.75 bits per heavy atom. The molecule has 0 aliphatic carbocycles. The Morgan fingerprint density at radius 3 is 2.38 bits per heavy atom. The Morgan fingerprint density at radius 2 is 2.25 bits per heavy atom. The molecule has 0 aromatic carbocycles. The molecular weight excluding hydrogens is 130 g/mol. The average Bonchev–Trinajstić information content (AvgIpc) is 1.59. The highest BCUT2D eigenvalue weighted by Gasteiger charge is 1.99. The molecule has 5 heteroatoms. The summed E-state index contributed by atoms with van der Waals surface area (Å²) < 4.78 is 30.2. The van der Waals surface area contributed by atoms with Crippen molar-refractivity contribution in [2.75, 3.05) is 6.54 Å². The minimum Gasteiger partial charge on any atom is -0.272 e. The maximum absolute atomic E-state index is 9.73.